The number of hydrogen-bond donors (Lipinski definition) is 1. The van der Waals surface area contributed by atoms with E-state index in [1.807, 2.05) is 30.3 Å². The van der Waals surface area contributed by atoms with E-state index < -0.39 is 0 Å². The van der Waals surface area contributed by atoms with Crippen molar-refractivity contribution in [1.82, 2.24) is 4.98 Å². The molecule has 0 aliphatic rings. The van der Waals surface area contributed by atoms with Crippen LogP contribution in [0.5, 0.6) is 0 Å². The van der Waals surface area contributed by atoms with Gasteiger partial charge in [-0.25, -0.2) is 4.98 Å². The van der Waals surface area contributed by atoms with Crippen molar-refractivity contribution in [3.8, 4) is 11.3 Å². The van der Waals surface area contributed by atoms with E-state index in [0.29, 0.717) is 12.4 Å². The maximum atomic E-state index is 5.38. The number of hydrogen-bond acceptors (Lipinski definition) is 3. The largest absolute Gasteiger partial charge is 0.439 e. The molecule has 0 spiro atoms. The molecule has 1 heterocycles. The summed E-state index contributed by atoms with van der Waals surface area (Å²) in [6.45, 7) is 0.340. The maximum absolute atomic E-state index is 5.38. The fourth-order valence-corrected chi connectivity index (χ4v) is 1.14. The molecule has 0 atom stereocenters. The van der Waals surface area contributed by atoms with Crippen LogP contribution in [-0.4, -0.2) is 4.98 Å². The standard InChI is InChI=1S/C10H10N2O.ClH/c11-6-10-12-7-9(13-10)8-4-2-1-3-5-8;/h1-5,7H,6,11H2;1H. The first kappa shape index (κ1) is 10.8. The van der Waals surface area contributed by atoms with E-state index in [1.54, 1.807) is 6.20 Å². The van der Waals surface area contributed by atoms with Crippen LogP contribution in [-0.2, 0) is 6.54 Å². The van der Waals surface area contributed by atoms with Crippen LogP contribution >= 0.6 is 12.4 Å². The second-order valence-electron chi connectivity index (χ2n) is 2.69. The maximum Gasteiger partial charge on any atom is 0.208 e. The molecule has 0 bridgehead atoms. The molecule has 0 amide bonds. The van der Waals surface area contributed by atoms with Crippen LogP contribution in [0.15, 0.2) is 40.9 Å². The highest BCUT2D eigenvalue weighted by molar-refractivity contribution is 5.85. The van der Waals surface area contributed by atoms with Crippen molar-refractivity contribution in [2.75, 3.05) is 0 Å². The summed E-state index contributed by atoms with van der Waals surface area (Å²) in [5.74, 6) is 1.33. The first-order chi connectivity index (χ1) is 6.40. The first-order valence-corrected chi connectivity index (χ1v) is 4.10. The van der Waals surface area contributed by atoms with Gasteiger partial charge in [0.1, 0.15) is 0 Å². The molecule has 0 saturated carbocycles. The van der Waals surface area contributed by atoms with Crippen molar-refractivity contribution in [1.29, 1.82) is 0 Å². The highest BCUT2D eigenvalue weighted by Crippen LogP contribution is 2.19. The van der Waals surface area contributed by atoms with Crippen molar-refractivity contribution in [3.63, 3.8) is 0 Å². The highest BCUT2D eigenvalue weighted by atomic mass is 35.5. The molecule has 74 valence electrons. The molecule has 1 aromatic heterocycles. The Balaban J connectivity index is 0.000000980. The summed E-state index contributed by atoms with van der Waals surface area (Å²) in [4.78, 5) is 4.02. The molecule has 0 saturated heterocycles. The molecular weight excluding hydrogens is 200 g/mol. The van der Waals surface area contributed by atoms with E-state index in [-0.39, 0.29) is 12.4 Å². The first-order valence-electron chi connectivity index (χ1n) is 4.10. The second-order valence-corrected chi connectivity index (χ2v) is 2.69. The lowest BCUT2D eigenvalue weighted by Crippen LogP contribution is -1.94. The van der Waals surface area contributed by atoms with E-state index in [1.165, 1.54) is 0 Å². The second kappa shape index (κ2) is 4.79. The average Bonchev–Trinajstić information content (AvgIpc) is 2.67. The Kier molecular flexibility index (Phi) is 3.68. The quantitative estimate of drug-likeness (QED) is 0.827. The number of benzene rings is 1. The molecule has 2 aromatic rings. The minimum Gasteiger partial charge on any atom is -0.439 e. The van der Waals surface area contributed by atoms with Crippen LogP contribution in [0, 0.1) is 0 Å². The summed E-state index contributed by atoms with van der Waals surface area (Å²) >= 11 is 0. The van der Waals surface area contributed by atoms with Gasteiger partial charge in [0.15, 0.2) is 5.76 Å². The molecular formula is C10H11ClN2O. The Morgan fingerprint density at radius 2 is 1.93 bits per heavy atom. The van der Waals surface area contributed by atoms with Gasteiger partial charge in [0.05, 0.1) is 12.7 Å². The van der Waals surface area contributed by atoms with Gasteiger partial charge >= 0.3 is 0 Å². The minimum absolute atomic E-state index is 0. The Hall–Kier alpha value is -1.32. The van der Waals surface area contributed by atoms with E-state index in [4.69, 9.17) is 10.2 Å². The van der Waals surface area contributed by atoms with Gasteiger partial charge in [0.2, 0.25) is 5.89 Å². The summed E-state index contributed by atoms with van der Waals surface area (Å²) in [6, 6.07) is 9.82. The molecule has 0 radical (unpaired) electrons. The SMILES string of the molecule is Cl.NCc1ncc(-c2ccccc2)o1. The van der Waals surface area contributed by atoms with Gasteiger partial charge in [-0.1, -0.05) is 30.3 Å². The number of rotatable bonds is 2. The van der Waals surface area contributed by atoms with Crippen LogP contribution in [0.4, 0.5) is 0 Å². The van der Waals surface area contributed by atoms with Crippen LogP contribution in [0.3, 0.4) is 0 Å². The van der Waals surface area contributed by atoms with E-state index in [9.17, 15) is 0 Å². The zero-order valence-electron chi connectivity index (χ0n) is 7.51. The van der Waals surface area contributed by atoms with Crippen molar-refractivity contribution in [2.24, 2.45) is 5.73 Å². The predicted octanol–water partition coefficient (Wildman–Crippen LogP) is 2.22. The fourth-order valence-electron chi connectivity index (χ4n) is 1.14. The summed E-state index contributed by atoms with van der Waals surface area (Å²) in [7, 11) is 0. The van der Waals surface area contributed by atoms with Gasteiger partial charge in [0.25, 0.3) is 0 Å². The highest BCUT2D eigenvalue weighted by Gasteiger charge is 2.03. The number of nitrogens with two attached hydrogens (primary N) is 1. The van der Waals surface area contributed by atoms with Crippen molar-refractivity contribution >= 4 is 12.4 Å². The fraction of sp³-hybridized carbons (Fsp3) is 0.100. The smallest absolute Gasteiger partial charge is 0.208 e. The molecule has 0 aliphatic heterocycles. The molecule has 3 nitrogen and oxygen atoms in total. The van der Waals surface area contributed by atoms with Crippen molar-refractivity contribution < 1.29 is 4.42 Å². The van der Waals surface area contributed by atoms with Gasteiger partial charge in [-0.05, 0) is 0 Å². The number of halogens is 1. The lowest BCUT2D eigenvalue weighted by atomic mass is 10.2. The zero-order chi connectivity index (χ0) is 9.10. The van der Waals surface area contributed by atoms with E-state index in [2.05, 4.69) is 4.98 Å². The summed E-state index contributed by atoms with van der Waals surface area (Å²) < 4.78 is 5.38. The zero-order valence-corrected chi connectivity index (χ0v) is 8.33. The van der Waals surface area contributed by atoms with Crippen LogP contribution in [0.2, 0.25) is 0 Å². The van der Waals surface area contributed by atoms with Gasteiger partial charge in [-0.15, -0.1) is 12.4 Å². The third-order valence-electron chi connectivity index (χ3n) is 1.79. The monoisotopic (exact) mass is 210 g/mol. The topological polar surface area (TPSA) is 52.0 Å². The van der Waals surface area contributed by atoms with E-state index in [0.717, 1.165) is 11.3 Å². The Bertz CT molecular complexity index is 386. The molecule has 0 unspecified atom stereocenters. The Labute approximate surface area is 88.4 Å². The molecule has 0 fully saturated rings. The normalized spacial score (nSPS) is 9.50. The van der Waals surface area contributed by atoms with Crippen LogP contribution < -0.4 is 5.73 Å². The minimum atomic E-state index is 0. The van der Waals surface area contributed by atoms with Crippen molar-refractivity contribution in [3.05, 3.63) is 42.4 Å². The number of oxazole rings is 1. The molecule has 0 aliphatic carbocycles. The van der Waals surface area contributed by atoms with Gasteiger partial charge < -0.3 is 10.2 Å². The Morgan fingerprint density at radius 3 is 2.50 bits per heavy atom. The third-order valence-corrected chi connectivity index (χ3v) is 1.79. The van der Waals surface area contributed by atoms with Crippen LogP contribution in [0.1, 0.15) is 5.89 Å². The van der Waals surface area contributed by atoms with Crippen molar-refractivity contribution in [2.45, 2.75) is 6.54 Å². The van der Waals surface area contributed by atoms with Gasteiger partial charge in [-0.3, -0.25) is 0 Å². The molecule has 2 N–H and O–H groups in total. The lowest BCUT2D eigenvalue weighted by molar-refractivity contribution is 0.509. The Morgan fingerprint density at radius 1 is 1.21 bits per heavy atom. The third kappa shape index (κ3) is 2.13. The molecule has 4 heteroatoms. The molecule has 14 heavy (non-hydrogen) atoms. The molecule has 2 rings (SSSR count). The average molecular weight is 211 g/mol. The number of aromatic nitrogens is 1. The summed E-state index contributed by atoms with van der Waals surface area (Å²) in [5, 5.41) is 0. The summed E-state index contributed by atoms with van der Waals surface area (Å²) in [5.41, 5.74) is 6.41. The van der Waals surface area contributed by atoms with Gasteiger partial charge in [0, 0.05) is 5.56 Å². The number of nitrogens with zero attached hydrogens (tertiary/aromatic N) is 1. The van der Waals surface area contributed by atoms with E-state index >= 15 is 0 Å². The van der Waals surface area contributed by atoms with Crippen LogP contribution in [0.25, 0.3) is 11.3 Å². The molecule has 1 aromatic carbocycles. The predicted molar refractivity (Wildman–Crippen MR) is 57.1 cm³/mol. The summed E-state index contributed by atoms with van der Waals surface area (Å²) in [6.07, 6.45) is 1.69. The lowest BCUT2D eigenvalue weighted by Gasteiger charge is -1.93. The van der Waals surface area contributed by atoms with Gasteiger partial charge in [-0.2, -0.15) is 0 Å².